The van der Waals surface area contributed by atoms with Gasteiger partial charge in [-0.2, -0.15) is 0 Å². The van der Waals surface area contributed by atoms with Crippen LogP contribution in [0.3, 0.4) is 0 Å². The molecule has 0 spiro atoms. The molecule has 0 saturated heterocycles. The predicted octanol–water partition coefficient (Wildman–Crippen LogP) is 1.54. The maximum absolute atomic E-state index is 12.2. The monoisotopic (exact) mass is 364 g/mol. The Kier molecular flexibility index (Phi) is 12.6. The summed E-state index contributed by atoms with van der Waals surface area (Å²) in [6.45, 7) is 4.99. The second-order valence-electron chi connectivity index (χ2n) is 4.95. The number of halogens is 2. The highest BCUT2D eigenvalue weighted by atomic mass is 35.5. The van der Waals surface area contributed by atoms with Crippen molar-refractivity contribution in [3.05, 3.63) is 30.1 Å². The summed E-state index contributed by atoms with van der Waals surface area (Å²) in [4.78, 5) is 27.8. The lowest BCUT2D eigenvalue weighted by Gasteiger charge is -2.28. The van der Waals surface area contributed by atoms with E-state index in [2.05, 4.69) is 15.6 Å². The Morgan fingerprint density at radius 3 is 2.26 bits per heavy atom. The SMILES string of the molecule is CCC(CC)(CN)C(=O)NCCNC(=O)c1cccnc1.Cl.Cl. The molecule has 0 bridgehead atoms. The Hall–Kier alpha value is -1.37. The van der Waals surface area contributed by atoms with Crippen LogP contribution >= 0.6 is 24.8 Å². The molecule has 1 heterocycles. The molecule has 0 aliphatic rings. The summed E-state index contributed by atoms with van der Waals surface area (Å²) in [7, 11) is 0. The zero-order valence-electron chi connectivity index (χ0n) is 13.5. The van der Waals surface area contributed by atoms with E-state index in [0.717, 1.165) is 0 Å². The lowest BCUT2D eigenvalue weighted by Crippen LogP contribution is -2.47. The van der Waals surface area contributed by atoms with E-state index in [9.17, 15) is 9.59 Å². The number of hydrogen-bond acceptors (Lipinski definition) is 4. The van der Waals surface area contributed by atoms with Crippen LogP contribution in [0.1, 0.15) is 37.0 Å². The zero-order chi connectivity index (χ0) is 15.7. The van der Waals surface area contributed by atoms with E-state index in [0.29, 0.717) is 38.0 Å². The third-order valence-electron chi connectivity index (χ3n) is 3.85. The second-order valence-corrected chi connectivity index (χ2v) is 4.95. The Morgan fingerprint density at radius 2 is 1.78 bits per heavy atom. The summed E-state index contributed by atoms with van der Waals surface area (Å²) in [5.74, 6) is -0.251. The minimum Gasteiger partial charge on any atom is -0.354 e. The van der Waals surface area contributed by atoms with Gasteiger partial charge in [0.05, 0.1) is 11.0 Å². The molecular weight excluding hydrogens is 339 g/mol. The molecule has 0 aliphatic carbocycles. The summed E-state index contributed by atoms with van der Waals surface area (Å²) in [5.41, 5.74) is 5.72. The summed E-state index contributed by atoms with van der Waals surface area (Å²) < 4.78 is 0. The molecule has 0 aliphatic heterocycles. The number of rotatable bonds is 8. The van der Waals surface area contributed by atoms with Gasteiger partial charge in [-0.25, -0.2) is 0 Å². The molecule has 0 saturated carbocycles. The average molecular weight is 365 g/mol. The number of nitrogens with two attached hydrogens (primary N) is 1. The molecular formula is C15H26Cl2N4O2. The number of pyridine rings is 1. The largest absolute Gasteiger partial charge is 0.354 e. The van der Waals surface area contributed by atoms with Gasteiger partial charge in [-0.05, 0) is 25.0 Å². The molecule has 0 unspecified atom stereocenters. The third kappa shape index (κ3) is 6.72. The van der Waals surface area contributed by atoms with Gasteiger partial charge in [-0.15, -0.1) is 24.8 Å². The first kappa shape index (κ1) is 23.9. The van der Waals surface area contributed by atoms with Gasteiger partial charge in [0.15, 0.2) is 0 Å². The van der Waals surface area contributed by atoms with E-state index in [1.54, 1.807) is 18.3 Å². The van der Waals surface area contributed by atoms with Crippen LogP contribution < -0.4 is 16.4 Å². The molecule has 0 atom stereocenters. The lowest BCUT2D eigenvalue weighted by atomic mass is 9.81. The van der Waals surface area contributed by atoms with Crippen molar-refractivity contribution in [3.8, 4) is 0 Å². The normalized spacial score (nSPS) is 10.0. The molecule has 0 aromatic carbocycles. The topological polar surface area (TPSA) is 97.1 Å². The van der Waals surface area contributed by atoms with Crippen molar-refractivity contribution in [1.82, 2.24) is 15.6 Å². The number of hydrogen-bond donors (Lipinski definition) is 3. The molecule has 132 valence electrons. The number of aromatic nitrogens is 1. The maximum atomic E-state index is 12.2. The van der Waals surface area contributed by atoms with Crippen molar-refractivity contribution in [3.63, 3.8) is 0 Å². The molecule has 1 aromatic rings. The number of carbonyl (C=O) groups is 2. The van der Waals surface area contributed by atoms with Crippen LogP contribution in [0.15, 0.2) is 24.5 Å². The highest BCUT2D eigenvalue weighted by molar-refractivity contribution is 5.93. The first-order valence-corrected chi connectivity index (χ1v) is 7.26. The molecule has 4 N–H and O–H groups in total. The van der Waals surface area contributed by atoms with E-state index in [4.69, 9.17) is 5.73 Å². The molecule has 0 radical (unpaired) electrons. The van der Waals surface area contributed by atoms with Gasteiger partial charge in [-0.3, -0.25) is 14.6 Å². The van der Waals surface area contributed by atoms with E-state index in [-0.39, 0.29) is 36.6 Å². The van der Waals surface area contributed by atoms with Crippen molar-refractivity contribution in [2.75, 3.05) is 19.6 Å². The molecule has 23 heavy (non-hydrogen) atoms. The highest BCUT2D eigenvalue weighted by Gasteiger charge is 2.32. The van der Waals surface area contributed by atoms with Crippen molar-refractivity contribution in [1.29, 1.82) is 0 Å². The smallest absolute Gasteiger partial charge is 0.252 e. The van der Waals surface area contributed by atoms with Crippen LogP contribution in [0.5, 0.6) is 0 Å². The summed E-state index contributed by atoms with van der Waals surface area (Å²) in [6.07, 6.45) is 4.52. The molecule has 2 amide bonds. The zero-order valence-corrected chi connectivity index (χ0v) is 15.1. The highest BCUT2D eigenvalue weighted by Crippen LogP contribution is 2.24. The molecule has 1 aromatic heterocycles. The van der Waals surface area contributed by atoms with Crippen molar-refractivity contribution >= 4 is 36.6 Å². The van der Waals surface area contributed by atoms with Gasteiger partial charge >= 0.3 is 0 Å². The second kappa shape index (κ2) is 12.1. The quantitative estimate of drug-likeness (QED) is 0.609. The van der Waals surface area contributed by atoms with Gasteiger partial charge < -0.3 is 16.4 Å². The molecule has 0 fully saturated rings. The average Bonchev–Trinajstić information content (AvgIpc) is 2.54. The summed E-state index contributed by atoms with van der Waals surface area (Å²) in [5, 5.41) is 5.57. The molecule has 8 heteroatoms. The number of nitrogens with zero attached hydrogens (tertiary/aromatic N) is 1. The Morgan fingerprint density at radius 1 is 1.17 bits per heavy atom. The maximum Gasteiger partial charge on any atom is 0.252 e. The van der Waals surface area contributed by atoms with Crippen LogP contribution in [-0.4, -0.2) is 36.4 Å². The fourth-order valence-electron chi connectivity index (χ4n) is 2.09. The van der Waals surface area contributed by atoms with E-state index < -0.39 is 5.41 Å². The van der Waals surface area contributed by atoms with Crippen molar-refractivity contribution in [2.45, 2.75) is 26.7 Å². The minimum absolute atomic E-state index is 0. The van der Waals surface area contributed by atoms with E-state index >= 15 is 0 Å². The number of nitrogens with one attached hydrogen (secondary N) is 2. The van der Waals surface area contributed by atoms with Gasteiger partial charge in [-0.1, -0.05) is 13.8 Å². The predicted molar refractivity (Wildman–Crippen MR) is 96.1 cm³/mol. The number of amides is 2. The molecule has 6 nitrogen and oxygen atoms in total. The third-order valence-corrected chi connectivity index (χ3v) is 3.85. The minimum atomic E-state index is -0.507. The van der Waals surface area contributed by atoms with Crippen LogP contribution in [0.4, 0.5) is 0 Å². The van der Waals surface area contributed by atoms with Crippen LogP contribution in [0.2, 0.25) is 0 Å². The van der Waals surface area contributed by atoms with E-state index in [1.807, 2.05) is 13.8 Å². The molecule has 1 rings (SSSR count). The van der Waals surface area contributed by atoms with Crippen LogP contribution in [-0.2, 0) is 4.79 Å². The summed E-state index contributed by atoms with van der Waals surface area (Å²) >= 11 is 0. The Bertz CT molecular complexity index is 460. The fraction of sp³-hybridized carbons (Fsp3) is 0.533. The van der Waals surface area contributed by atoms with Crippen LogP contribution in [0, 0.1) is 5.41 Å². The first-order valence-electron chi connectivity index (χ1n) is 7.26. The summed E-state index contributed by atoms with van der Waals surface area (Å²) in [6, 6.07) is 3.39. The van der Waals surface area contributed by atoms with Gasteiger partial charge in [0.2, 0.25) is 5.91 Å². The standard InChI is InChI=1S/C15H24N4O2.2ClH/c1-3-15(4-2,11-16)14(21)19-9-8-18-13(20)12-6-5-7-17-10-12;;/h5-7,10H,3-4,8-9,11,16H2,1-2H3,(H,18,20)(H,19,21);2*1H. The van der Waals surface area contributed by atoms with E-state index in [1.165, 1.54) is 6.20 Å². The lowest BCUT2D eigenvalue weighted by molar-refractivity contribution is -0.130. The van der Waals surface area contributed by atoms with Crippen LogP contribution in [0.25, 0.3) is 0 Å². The van der Waals surface area contributed by atoms with Gasteiger partial charge in [0, 0.05) is 32.0 Å². The number of carbonyl (C=O) groups excluding carboxylic acids is 2. The first-order chi connectivity index (χ1) is 10.1. The van der Waals surface area contributed by atoms with Crippen molar-refractivity contribution in [2.24, 2.45) is 11.1 Å². The van der Waals surface area contributed by atoms with Gasteiger partial charge in [0.1, 0.15) is 0 Å². The fourth-order valence-corrected chi connectivity index (χ4v) is 2.09. The Balaban J connectivity index is 0. The van der Waals surface area contributed by atoms with Crippen molar-refractivity contribution < 1.29 is 9.59 Å². The Labute approximate surface area is 149 Å². The van der Waals surface area contributed by atoms with Gasteiger partial charge in [0.25, 0.3) is 5.91 Å².